The second-order valence-electron chi connectivity index (χ2n) is 6.37. The third-order valence-electron chi connectivity index (χ3n) is 4.35. The number of hydrogen-bond donors (Lipinski definition) is 1. The van der Waals surface area contributed by atoms with Crippen molar-refractivity contribution >= 4 is 11.6 Å². The zero-order valence-electron chi connectivity index (χ0n) is 14.4. The fourth-order valence-electron chi connectivity index (χ4n) is 2.79. The van der Waals surface area contributed by atoms with E-state index in [4.69, 9.17) is 0 Å². The Morgan fingerprint density at radius 3 is 2.46 bits per heavy atom. The topological polar surface area (TPSA) is 78.7 Å². The minimum Gasteiger partial charge on any atom is -0.340 e. The molecule has 1 aromatic rings. The van der Waals surface area contributed by atoms with E-state index in [9.17, 15) is 14.9 Å². The van der Waals surface area contributed by atoms with Crippen LogP contribution in [0.25, 0.3) is 0 Å². The lowest BCUT2D eigenvalue weighted by Crippen LogP contribution is -2.47. The van der Waals surface area contributed by atoms with Gasteiger partial charge in [-0.05, 0) is 19.4 Å². The Morgan fingerprint density at radius 2 is 1.92 bits per heavy atom. The molecular formula is C17H26N4O3. The molecule has 0 unspecified atom stereocenters. The van der Waals surface area contributed by atoms with Crippen molar-refractivity contribution in [2.24, 2.45) is 0 Å². The van der Waals surface area contributed by atoms with Gasteiger partial charge >= 0.3 is 0 Å². The number of hydrogen-bond acceptors (Lipinski definition) is 5. The first kappa shape index (κ1) is 18.4. The summed E-state index contributed by atoms with van der Waals surface area (Å²) in [5.74, 6) is 0.200. The van der Waals surface area contributed by atoms with E-state index in [1.807, 2.05) is 4.90 Å². The third-order valence-corrected chi connectivity index (χ3v) is 4.35. The number of nitro benzene ring substituents is 1. The van der Waals surface area contributed by atoms with E-state index in [0.29, 0.717) is 25.6 Å². The van der Waals surface area contributed by atoms with Gasteiger partial charge < -0.3 is 10.2 Å². The summed E-state index contributed by atoms with van der Waals surface area (Å²) in [4.78, 5) is 26.8. The number of non-ortho nitro benzene ring substituents is 1. The van der Waals surface area contributed by atoms with Gasteiger partial charge in [-0.25, -0.2) is 0 Å². The van der Waals surface area contributed by atoms with Crippen LogP contribution in [0.4, 0.5) is 5.69 Å². The van der Waals surface area contributed by atoms with Crippen molar-refractivity contribution < 1.29 is 9.72 Å². The second kappa shape index (κ2) is 8.75. The summed E-state index contributed by atoms with van der Waals surface area (Å²) >= 11 is 0. The summed E-state index contributed by atoms with van der Waals surface area (Å²) in [7, 11) is 0. The molecule has 0 spiro atoms. The van der Waals surface area contributed by atoms with Gasteiger partial charge in [0.25, 0.3) is 5.69 Å². The quantitative estimate of drug-likeness (QED) is 0.606. The van der Waals surface area contributed by atoms with Gasteiger partial charge in [-0.15, -0.1) is 0 Å². The van der Waals surface area contributed by atoms with E-state index in [1.54, 1.807) is 12.1 Å². The van der Waals surface area contributed by atoms with Crippen molar-refractivity contribution in [2.75, 3.05) is 32.7 Å². The minimum atomic E-state index is -0.393. The number of carbonyl (C=O) groups excluding carboxylic acids is 1. The van der Waals surface area contributed by atoms with Crippen LogP contribution in [0, 0.1) is 10.1 Å². The molecule has 1 N–H and O–H groups in total. The molecule has 7 nitrogen and oxygen atoms in total. The third kappa shape index (κ3) is 5.28. The molecule has 1 saturated heterocycles. The fraction of sp³-hybridized carbons (Fsp3) is 0.588. The molecule has 1 aliphatic rings. The lowest BCUT2D eigenvalue weighted by atomic mass is 10.1. The molecule has 132 valence electrons. The van der Waals surface area contributed by atoms with Crippen molar-refractivity contribution in [2.45, 2.75) is 32.9 Å². The summed E-state index contributed by atoms with van der Waals surface area (Å²) in [5.41, 5.74) is 1.12. The molecule has 1 amide bonds. The largest absolute Gasteiger partial charge is 0.340 e. The number of carbonyl (C=O) groups is 1. The van der Waals surface area contributed by atoms with E-state index in [2.05, 4.69) is 24.1 Å². The van der Waals surface area contributed by atoms with Crippen molar-refractivity contribution in [3.8, 4) is 0 Å². The van der Waals surface area contributed by atoms with E-state index < -0.39 is 4.92 Å². The highest BCUT2D eigenvalue weighted by atomic mass is 16.6. The predicted molar refractivity (Wildman–Crippen MR) is 92.7 cm³/mol. The summed E-state index contributed by atoms with van der Waals surface area (Å²) in [6, 6.07) is 6.92. The van der Waals surface area contributed by atoms with Crippen LogP contribution in [0.15, 0.2) is 24.3 Å². The first-order valence-corrected chi connectivity index (χ1v) is 8.43. The Hall–Kier alpha value is -1.99. The molecule has 0 aromatic heterocycles. The van der Waals surface area contributed by atoms with E-state index >= 15 is 0 Å². The highest BCUT2D eigenvalue weighted by Gasteiger charge is 2.18. The zero-order chi connectivity index (χ0) is 17.5. The van der Waals surface area contributed by atoms with Crippen LogP contribution in [-0.4, -0.2) is 59.4 Å². The molecule has 0 aliphatic carbocycles. The monoisotopic (exact) mass is 334 g/mol. The first-order chi connectivity index (χ1) is 11.5. The van der Waals surface area contributed by atoms with Gasteiger partial charge in [-0.2, -0.15) is 0 Å². The number of amides is 1. The van der Waals surface area contributed by atoms with Gasteiger partial charge in [0, 0.05) is 63.9 Å². The van der Waals surface area contributed by atoms with Crippen molar-refractivity contribution in [3.63, 3.8) is 0 Å². The fourth-order valence-corrected chi connectivity index (χ4v) is 2.79. The number of nitro groups is 1. The maximum atomic E-state index is 12.3. The normalized spacial score (nSPS) is 15.1. The van der Waals surface area contributed by atoms with Crippen LogP contribution in [0.3, 0.4) is 0 Å². The highest BCUT2D eigenvalue weighted by molar-refractivity contribution is 5.76. The van der Waals surface area contributed by atoms with Gasteiger partial charge in [0.15, 0.2) is 0 Å². The molecule has 1 fully saturated rings. The first-order valence-electron chi connectivity index (χ1n) is 8.43. The smallest absolute Gasteiger partial charge is 0.269 e. The molecule has 1 aliphatic heterocycles. The van der Waals surface area contributed by atoms with Crippen LogP contribution in [0.1, 0.15) is 25.8 Å². The van der Waals surface area contributed by atoms with Crippen LogP contribution >= 0.6 is 0 Å². The zero-order valence-corrected chi connectivity index (χ0v) is 14.4. The van der Waals surface area contributed by atoms with Gasteiger partial charge in [0.05, 0.1) is 4.92 Å². The molecule has 0 bridgehead atoms. The van der Waals surface area contributed by atoms with Crippen molar-refractivity contribution in [1.29, 1.82) is 0 Å². The molecule has 24 heavy (non-hydrogen) atoms. The molecule has 1 aromatic carbocycles. The standard InChI is InChI=1S/C17H26N4O3/c1-14(2)20(10-7-17(22)19-11-8-18-9-12-19)13-15-3-5-16(6-4-15)21(23)24/h3-6,14,18H,7-13H2,1-2H3. The Kier molecular flexibility index (Phi) is 6.69. The molecule has 1 heterocycles. The highest BCUT2D eigenvalue weighted by Crippen LogP contribution is 2.15. The molecule has 0 radical (unpaired) electrons. The number of nitrogens with one attached hydrogen (secondary N) is 1. The Bertz CT molecular complexity index is 553. The average Bonchev–Trinajstić information content (AvgIpc) is 2.59. The molecule has 7 heteroatoms. The van der Waals surface area contributed by atoms with Gasteiger partial charge in [-0.3, -0.25) is 19.8 Å². The Morgan fingerprint density at radius 1 is 1.29 bits per heavy atom. The number of rotatable bonds is 7. The number of benzene rings is 1. The maximum Gasteiger partial charge on any atom is 0.269 e. The summed E-state index contributed by atoms with van der Waals surface area (Å²) in [5, 5.41) is 14.0. The minimum absolute atomic E-state index is 0.101. The number of nitrogens with zero attached hydrogens (tertiary/aromatic N) is 3. The predicted octanol–water partition coefficient (Wildman–Crippen LogP) is 1.63. The van der Waals surface area contributed by atoms with Gasteiger partial charge in [0.1, 0.15) is 0 Å². The molecular weight excluding hydrogens is 308 g/mol. The van der Waals surface area contributed by atoms with E-state index in [0.717, 1.165) is 31.7 Å². The van der Waals surface area contributed by atoms with Crippen LogP contribution < -0.4 is 5.32 Å². The van der Waals surface area contributed by atoms with Gasteiger partial charge in [-0.1, -0.05) is 12.1 Å². The summed E-state index contributed by atoms with van der Waals surface area (Å²) < 4.78 is 0. The Labute approximate surface area is 142 Å². The Balaban J connectivity index is 1.89. The lowest BCUT2D eigenvalue weighted by Gasteiger charge is -2.30. The van der Waals surface area contributed by atoms with E-state index in [-0.39, 0.29) is 11.6 Å². The SMILES string of the molecule is CC(C)N(CCC(=O)N1CCNCC1)Cc1ccc([N+](=O)[O-])cc1. The number of piperazine rings is 1. The lowest BCUT2D eigenvalue weighted by molar-refractivity contribution is -0.384. The molecule has 2 rings (SSSR count). The van der Waals surface area contributed by atoms with Crippen molar-refractivity contribution in [3.05, 3.63) is 39.9 Å². The van der Waals surface area contributed by atoms with Gasteiger partial charge in [0.2, 0.25) is 5.91 Å². The van der Waals surface area contributed by atoms with Crippen LogP contribution in [0.2, 0.25) is 0 Å². The molecule has 0 atom stereocenters. The summed E-state index contributed by atoms with van der Waals surface area (Å²) in [6.07, 6.45) is 0.505. The molecule has 0 saturated carbocycles. The maximum absolute atomic E-state index is 12.3. The van der Waals surface area contributed by atoms with Crippen LogP contribution in [0.5, 0.6) is 0 Å². The summed E-state index contributed by atoms with van der Waals surface area (Å²) in [6.45, 7) is 8.86. The average molecular weight is 334 g/mol. The van der Waals surface area contributed by atoms with Crippen molar-refractivity contribution in [1.82, 2.24) is 15.1 Å². The second-order valence-corrected chi connectivity index (χ2v) is 6.37. The van der Waals surface area contributed by atoms with E-state index in [1.165, 1.54) is 12.1 Å². The van der Waals surface area contributed by atoms with Crippen LogP contribution in [-0.2, 0) is 11.3 Å².